The SMILES string of the molecule is CN(C)c1ccc(N[C@@H]2CCCN(Cc3cc(C(N)=O)cs3)CC2)cn1. The van der Waals surface area contributed by atoms with Crippen LogP contribution in [0.2, 0.25) is 0 Å². The number of likely N-dealkylation sites (tertiary alicyclic amines) is 1. The number of nitrogens with two attached hydrogens (primary N) is 1. The standard InChI is InChI=1S/C19H27N5OS/c1-23(2)18-6-5-16(11-21-18)22-15-4-3-8-24(9-7-15)12-17-10-14(13-26-17)19(20)25/h5-6,10-11,13,15,22H,3-4,7-9,12H2,1-2H3,(H2,20,25)/t15-/m1/s1. The zero-order chi connectivity index (χ0) is 18.5. The highest BCUT2D eigenvalue weighted by molar-refractivity contribution is 7.10. The molecule has 3 N–H and O–H groups in total. The van der Waals surface area contributed by atoms with Gasteiger partial charge in [-0.15, -0.1) is 11.3 Å². The largest absolute Gasteiger partial charge is 0.381 e. The molecule has 0 radical (unpaired) electrons. The molecule has 140 valence electrons. The van der Waals surface area contributed by atoms with Gasteiger partial charge in [0.2, 0.25) is 5.91 Å². The molecule has 26 heavy (non-hydrogen) atoms. The average Bonchev–Trinajstić information content (AvgIpc) is 2.97. The van der Waals surface area contributed by atoms with Crippen molar-refractivity contribution in [2.24, 2.45) is 5.73 Å². The van der Waals surface area contributed by atoms with Gasteiger partial charge in [-0.3, -0.25) is 9.69 Å². The van der Waals surface area contributed by atoms with Crippen molar-refractivity contribution >= 4 is 28.7 Å². The van der Waals surface area contributed by atoms with Crippen molar-refractivity contribution in [3.05, 3.63) is 40.2 Å². The summed E-state index contributed by atoms with van der Waals surface area (Å²) in [4.78, 5) is 21.4. The van der Waals surface area contributed by atoms with Gasteiger partial charge in [0.15, 0.2) is 0 Å². The Bertz CT molecular complexity index is 728. The highest BCUT2D eigenvalue weighted by atomic mass is 32.1. The number of thiophene rings is 1. The Labute approximate surface area is 159 Å². The second-order valence-electron chi connectivity index (χ2n) is 7.01. The summed E-state index contributed by atoms with van der Waals surface area (Å²) >= 11 is 1.61. The molecule has 0 unspecified atom stereocenters. The lowest BCUT2D eigenvalue weighted by molar-refractivity contribution is 0.100. The minimum absolute atomic E-state index is 0.346. The molecule has 2 aromatic heterocycles. The van der Waals surface area contributed by atoms with Gasteiger partial charge in [-0.25, -0.2) is 4.98 Å². The molecule has 6 nitrogen and oxygen atoms in total. The monoisotopic (exact) mass is 373 g/mol. The predicted octanol–water partition coefficient (Wildman–Crippen LogP) is 2.77. The number of aromatic nitrogens is 1. The first kappa shape index (κ1) is 18.7. The van der Waals surface area contributed by atoms with Gasteiger partial charge in [0.05, 0.1) is 17.4 Å². The van der Waals surface area contributed by atoms with Crippen LogP contribution < -0.4 is 16.0 Å². The van der Waals surface area contributed by atoms with E-state index in [1.54, 1.807) is 11.3 Å². The van der Waals surface area contributed by atoms with E-state index in [0.29, 0.717) is 11.6 Å². The van der Waals surface area contributed by atoms with E-state index >= 15 is 0 Å². The molecular weight excluding hydrogens is 346 g/mol. The average molecular weight is 374 g/mol. The minimum atomic E-state index is -0.346. The summed E-state index contributed by atoms with van der Waals surface area (Å²) in [5.41, 5.74) is 7.04. The molecule has 1 fully saturated rings. The Morgan fingerprint density at radius 2 is 2.23 bits per heavy atom. The van der Waals surface area contributed by atoms with Crippen LogP contribution in [0.5, 0.6) is 0 Å². The summed E-state index contributed by atoms with van der Waals surface area (Å²) in [6.07, 6.45) is 5.33. The Morgan fingerprint density at radius 3 is 2.88 bits per heavy atom. The fourth-order valence-corrected chi connectivity index (χ4v) is 4.16. The minimum Gasteiger partial charge on any atom is -0.381 e. The zero-order valence-corrected chi connectivity index (χ0v) is 16.3. The number of nitrogens with one attached hydrogen (secondary N) is 1. The van der Waals surface area contributed by atoms with E-state index in [4.69, 9.17) is 5.73 Å². The Morgan fingerprint density at radius 1 is 1.38 bits per heavy atom. The molecule has 1 atom stereocenters. The van der Waals surface area contributed by atoms with Gasteiger partial charge in [0.25, 0.3) is 0 Å². The first-order valence-corrected chi connectivity index (χ1v) is 9.88. The molecule has 0 aliphatic carbocycles. The van der Waals surface area contributed by atoms with Gasteiger partial charge in [-0.2, -0.15) is 0 Å². The summed E-state index contributed by atoms with van der Waals surface area (Å²) < 4.78 is 0. The Hall–Kier alpha value is -2.12. The second kappa shape index (κ2) is 8.51. The molecule has 2 aromatic rings. The third-order valence-corrected chi connectivity index (χ3v) is 5.64. The summed E-state index contributed by atoms with van der Waals surface area (Å²) in [5, 5.41) is 5.48. The predicted molar refractivity (Wildman–Crippen MR) is 108 cm³/mol. The number of primary amides is 1. The maximum Gasteiger partial charge on any atom is 0.249 e. The smallest absolute Gasteiger partial charge is 0.249 e. The Balaban J connectivity index is 1.51. The van der Waals surface area contributed by atoms with Crippen molar-refractivity contribution in [3.63, 3.8) is 0 Å². The third kappa shape index (κ3) is 4.95. The van der Waals surface area contributed by atoms with Crippen LogP contribution >= 0.6 is 11.3 Å². The van der Waals surface area contributed by atoms with E-state index < -0.39 is 0 Å². The molecule has 0 spiro atoms. The topological polar surface area (TPSA) is 74.5 Å². The van der Waals surface area contributed by atoms with Crippen LogP contribution in [0.3, 0.4) is 0 Å². The summed E-state index contributed by atoms with van der Waals surface area (Å²) in [7, 11) is 3.99. The molecule has 3 heterocycles. The summed E-state index contributed by atoms with van der Waals surface area (Å²) in [6.45, 7) is 3.02. The third-order valence-electron chi connectivity index (χ3n) is 4.72. The molecule has 7 heteroatoms. The highest BCUT2D eigenvalue weighted by Crippen LogP contribution is 2.21. The molecule has 0 bridgehead atoms. The number of hydrogen-bond acceptors (Lipinski definition) is 6. The van der Waals surface area contributed by atoms with Gasteiger partial charge in [-0.05, 0) is 44.0 Å². The van der Waals surface area contributed by atoms with E-state index in [0.717, 1.165) is 50.4 Å². The van der Waals surface area contributed by atoms with Crippen LogP contribution in [0.25, 0.3) is 0 Å². The van der Waals surface area contributed by atoms with Crippen molar-refractivity contribution in [2.45, 2.75) is 31.8 Å². The number of rotatable bonds is 6. The number of anilines is 2. The van der Waals surface area contributed by atoms with Crippen molar-refractivity contribution in [3.8, 4) is 0 Å². The van der Waals surface area contributed by atoms with Crippen LogP contribution in [0.1, 0.15) is 34.5 Å². The number of carbonyl (C=O) groups is 1. The lowest BCUT2D eigenvalue weighted by Crippen LogP contribution is -2.25. The van der Waals surface area contributed by atoms with Crippen molar-refractivity contribution in [1.29, 1.82) is 0 Å². The van der Waals surface area contributed by atoms with Crippen LogP contribution in [-0.2, 0) is 6.54 Å². The van der Waals surface area contributed by atoms with Gasteiger partial charge in [-0.1, -0.05) is 0 Å². The molecule has 3 rings (SSSR count). The van der Waals surface area contributed by atoms with Crippen molar-refractivity contribution in [1.82, 2.24) is 9.88 Å². The molecular formula is C19H27N5OS. The first-order valence-electron chi connectivity index (χ1n) is 9.01. The quantitative estimate of drug-likeness (QED) is 0.814. The van der Waals surface area contributed by atoms with Crippen LogP contribution in [-0.4, -0.2) is 49.0 Å². The summed E-state index contributed by atoms with van der Waals surface area (Å²) in [5.74, 6) is 0.621. The van der Waals surface area contributed by atoms with E-state index in [2.05, 4.69) is 21.3 Å². The van der Waals surface area contributed by atoms with E-state index in [1.807, 2.05) is 42.7 Å². The lowest BCUT2D eigenvalue weighted by atomic mass is 10.1. The van der Waals surface area contributed by atoms with E-state index in [9.17, 15) is 4.79 Å². The molecule has 0 saturated carbocycles. The maximum atomic E-state index is 11.2. The van der Waals surface area contributed by atoms with Gasteiger partial charge >= 0.3 is 0 Å². The highest BCUT2D eigenvalue weighted by Gasteiger charge is 2.18. The van der Waals surface area contributed by atoms with Crippen LogP contribution in [0, 0.1) is 0 Å². The number of nitrogens with zero attached hydrogens (tertiary/aromatic N) is 3. The number of pyridine rings is 1. The van der Waals surface area contributed by atoms with Gasteiger partial charge in [0.1, 0.15) is 5.82 Å². The van der Waals surface area contributed by atoms with E-state index in [-0.39, 0.29) is 5.91 Å². The fraction of sp³-hybridized carbons (Fsp3) is 0.474. The lowest BCUT2D eigenvalue weighted by Gasteiger charge is -2.20. The molecule has 1 amide bonds. The molecule has 1 aliphatic heterocycles. The zero-order valence-electron chi connectivity index (χ0n) is 15.4. The maximum absolute atomic E-state index is 11.2. The summed E-state index contributed by atoms with van der Waals surface area (Å²) in [6, 6.07) is 6.53. The van der Waals surface area contributed by atoms with E-state index in [1.165, 1.54) is 4.88 Å². The number of amides is 1. The van der Waals surface area contributed by atoms with Crippen LogP contribution in [0.15, 0.2) is 29.8 Å². The molecule has 1 saturated heterocycles. The second-order valence-corrected chi connectivity index (χ2v) is 8.01. The number of hydrogen-bond donors (Lipinski definition) is 2. The Kier molecular flexibility index (Phi) is 6.11. The number of carbonyl (C=O) groups excluding carboxylic acids is 1. The molecule has 1 aliphatic rings. The normalized spacial score (nSPS) is 18.3. The molecule has 0 aromatic carbocycles. The van der Waals surface area contributed by atoms with Crippen molar-refractivity contribution < 1.29 is 4.79 Å². The first-order chi connectivity index (χ1) is 12.5. The van der Waals surface area contributed by atoms with Gasteiger partial charge < -0.3 is 16.0 Å². The van der Waals surface area contributed by atoms with Crippen molar-refractivity contribution in [2.75, 3.05) is 37.4 Å². The fourth-order valence-electron chi connectivity index (χ4n) is 3.24. The van der Waals surface area contributed by atoms with Gasteiger partial charge in [0, 0.05) is 43.5 Å². The van der Waals surface area contributed by atoms with Crippen LogP contribution in [0.4, 0.5) is 11.5 Å².